The fraction of sp³-hybridized carbons (Fsp3) is 0.0800. The molecule has 0 spiro atoms. The highest BCUT2D eigenvalue weighted by atomic mass is 16.3. The predicted octanol–water partition coefficient (Wildman–Crippen LogP) is 6.24. The minimum Gasteiger partial charge on any atom is -0.506 e. The molecule has 2 heterocycles. The van der Waals surface area contributed by atoms with E-state index in [4.69, 9.17) is 0 Å². The highest BCUT2D eigenvalue weighted by molar-refractivity contribution is 6.08. The van der Waals surface area contributed by atoms with Gasteiger partial charge in [0.15, 0.2) is 0 Å². The Labute approximate surface area is 163 Å². The molecule has 0 unspecified atom stereocenters. The summed E-state index contributed by atoms with van der Waals surface area (Å²) in [6.07, 6.45) is 4.07. The van der Waals surface area contributed by atoms with Crippen molar-refractivity contribution < 1.29 is 5.11 Å². The molecular weight excluding hydrogens is 344 g/mol. The lowest BCUT2D eigenvalue weighted by Gasteiger charge is -2.03. The normalized spacial score (nSPS) is 11.9. The quantitative estimate of drug-likeness (QED) is 0.411. The summed E-state index contributed by atoms with van der Waals surface area (Å²) in [4.78, 5) is 4.58. The van der Waals surface area contributed by atoms with Crippen molar-refractivity contribution in [3.05, 3.63) is 84.1 Å². The SMILES string of the molecule is CCn1c2ccccc2c2cc(C=Cc3ccc4cccc(O)c4n3)ccc21. The molecule has 3 heteroatoms. The van der Waals surface area contributed by atoms with Crippen LogP contribution in [0.4, 0.5) is 0 Å². The van der Waals surface area contributed by atoms with Crippen molar-refractivity contribution in [1.82, 2.24) is 9.55 Å². The predicted molar refractivity (Wildman–Crippen MR) is 117 cm³/mol. The van der Waals surface area contributed by atoms with Gasteiger partial charge in [-0.25, -0.2) is 4.98 Å². The standard InChI is InChI=1S/C25H20N2O/c1-2-27-22-8-4-3-7-20(22)21-16-17(11-15-23(21)27)10-13-19-14-12-18-6-5-9-24(28)25(18)26-19/h3-16,28H,2H2,1H3. The average molecular weight is 364 g/mol. The van der Waals surface area contributed by atoms with E-state index in [9.17, 15) is 5.11 Å². The second-order valence-corrected chi connectivity index (χ2v) is 6.96. The highest BCUT2D eigenvalue weighted by Crippen LogP contribution is 2.30. The van der Waals surface area contributed by atoms with Crippen molar-refractivity contribution in [2.45, 2.75) is 13.5 Å². The number of hydrogen-bond donors (Lipinski definition) is 1. The van der Waals surface area contributed by atoms with Gasteiger partial charge in [0.1, 0.15) is 11.3 Å². The molecule has 3 nitrogen and oxygen atoms in total. The molecule has 5 aromatic rings. The van der Waals surface area contributed by atoms with Crippen molar-refractivity contribution in [2.24, 2.45) is 0 Å². The van der Waals surface area contributed by atoms with Crippen LogP contribution in [0.2, 0.25) is 0 Å². The number of aryl methyl sites for hydroxylation is 1. The Morgan fingerprint density at radius 1 is 0.857 bits per heavy atom. The molecule has 5 rings (SSSR count). The maximum absolute atomic E-state index is 10.0. The molecule has 1 N–H and O–H groups in total. The number of rotatable bonds is 3. The van der Waals surface area contributed by atoms with Gasteiger partial charge in [-0.05, 0) is 48.9 Å². The highest BCUT2D eigenvalue weighted by Gasteiger charge is 2.09. The Morgan fingerprint density at radius 3 is 2.61 bits per heavy atom. The second kappa shape index (κ2) is 6.54. The number of hydrogen-bond acceptors (Lipinski definition) is 2. The summed E-state index contributed by atoms with van der Waals surface area (Å²) in [6.45, 7) is 3.13. The Hall–Kier alpha value is -3.59. The third-order valence-electron chi connectivity index (χ3n) is 5.28. The zero-order valence-corrected chi connectivity index (χ0v) is 15.6. The van der Waals surface area contributed by atoms with Crippen molar-refractivity contribution in [3.63, 3.8) is 0 Å². The van der Waals surface area contributed by atoms with Crippen LogP contribution in [0, 0.1) is 0 Å². The molecule has 0 bridgehead atoms. The number of para-hydroxylation sites is 2. The first kappa shape index (κ1) is 16.6. The first-order chi connectivity index (χ1) is 13.7. The van der Waals surface area contributed by atoms with Crippen molar-refractivity contribution >= 4 is 44.9 Å². The topological polar surface area (TPSA) is 38.0 Å². The lowest BCUT2D eigenvalue weighted by Crippen LogP contribution is -1.92. The second-order valence-electron chi connectivity index (χ2n) is 6.96. The maximum Gasteiger partial charge on any atom is 0.141 e. The number of aromatic hydroxyl groups is 1. The first-order valence-corrected chi connectivity index (χ1v) is 9.52. The maximum atomic E-state index is 10.0. The first-order valence-electron chi connectivity index (χ1n) is 9.52. The van der Waals surface area contributed by atoms with Crippen LogP contribution < -0.4 is 0 Å². The molecule has 0 fully saturated rings. The lowest BCUT2D eigenvalue weighted by atomic mass is 10.1. The van der Waals surface area contributed by atoms with Crippen LogP contribution in [0.25, 0.3) is 44.9 Å². The Kier molecular flexibility index (Phi) is 3.87. The third-order valence-corrected chi connectivity index (χ3v) is 5.28. The van der Waals surface area contributed by atoms with E-state index < -0.39 is 0 Å². The summed E-state index contributed by atoms with van der Waals surface area (Å²) in [6, 6.07) is 24.5. The van der Waals surface area contributed by atoms with E-state index in [2.05, 4.69) is 65.0 Å². The summed E-state index contributed by atoms with van der Waals surface area (Å²) < 4.78 is 2.35. The number of pyridine rings is 1. The van der Waals surface area contributed by atoms with Gasteiger partial charge in [0.25, 0.3) is 0 Å². The largest absolute Gasteiger partial charge is 0.506 e. The van der Waals surface area contributed by atoms with Crippen molar-refractivity contribution in [3.8, 4) is 5.75 Å². The summed E-state index contributed by atoms with van der Waals surface area (Å²) >= 11 is 0. The molecule has 0 radical (unpaired) electrons. The molecule has 136 valence electrons. The third kappa shape index (κ3) is 2.64. The average Bonchev–Trinajstić information content (AvgIpc) is 3.06. The van der Waals surface area contributed by atoms with Gasteiger partial charge in [-0.3, -0.25) is 0 Å². The van der Waals surface area contributed by atoms with Crippen LogP contribution in [0.15, 0.2) is 72.8 Å². The number of phenolic OH excluding ortho intramolecular Hbond substituents is 1. The van der Waals surface area contributed by atoms with E-state index in [1.165, 1.54) is 21.8 Å². The molecule has 0 saturated heterocycles. The van der Waals surface area contributed by atoms with E-state index in [0.717, 1.165) is 23.2 Å². The van der Waals surface area contributed by atoms with Crippen LogP contribution in [0.3, 0.4) is 0 Å². The van der Waals surface area contributed by atoms with E-state index >= 15 is 0 Å². The number of fused-ring (bicyclic) bond motifs is 4. The molecule has 0 saturated carbocycles. The van der Waals surface area contributed by atoms with E-state index in [-0.39, 0.29) is 5.75 Å². The molecule has 0 aliphatic rings. The van der Waals surface area contributed by atoms with Crippen LogP contribution in [-0.4, -0.2) is 14.7 Å². The van der Waals surface area contributed by atoms with Gasteiger partial charge >= 0.3 is 0 Å². The zero-order chi connectivity index (χ0) is 19.1. The Balaban J connectivity index is 1.58. The Morgan fingerprint density at radius 2 is 1.71 bits per heavy atom. The van der Waals surface area contributed by atoms with E-state index in [0.29, 0.717) is 5.52 Å². The van der Waals surface area contributed by atoms with Gasteiger partial charge < -0.3 is 9.67 Å². The van der Waals surface area contributed by atoms with Crippen LogP contribution in [0.1, 0.15) is 18.2 Å². The number of phenols is 1. The molecule has 3 aromatic carbocycles. The van der Waals surface area contributed by atoms with Gasteiger partial charge in [-0.1, -0.05) is 48.5 Å². The van der Waals surface area contributed by atoms with E-state index in [1.807, 2.05) is 30.3 Å². The van der Waals surface area contributed by atoms with Gasteiger partial charge in [-0.2, -0.15) is 0 Å². The summed E-state index contributed by atoms with van der Waals surface area (Å²) in [5, 5.41) is 13.5. The summed E-state index contributed by atoms with van der Waals surface area (Å²) in [5.74, 6) is 0.210. The minimum absolute atomic E-state index is 0.210. The van der Waals surface area contributed by atoms with Gasteiger partial charge in [0.05, 0.1) is 5.69 Å². The number of nitrogens with zero attached hydrogens (tertiary/aromatic N) is 2. The smallest absolute Gasteiger partial charge is 0.141 e. The lowest BCUT2D eigenvalue weighted by molar-refractivity contribution is 0.480. The molecule has 0 atom stereocenters. The fourth-order valence-corrected chi connectivity index (χ4v) is 3.94. The van der Waals surface area contributed by atoms with Crippen LogP contribution >= 0.6 is 0 Å². The van der Waals surface area contributed by atoms with Gasteiger partial charge in [0, 0.05) is 33.7 Å². The summed E-state index contributed by atoms with van der Waals surface area (Å²) in [5.41, 5.74) is 5.12. The molecule has 28 heavy (non-hydrogen) atoms. The molecular formula is C25H20N2O. The Bertz CT molecular complexity index is 1360. The zero-order valence-electron chi connectivity index (χ0n) is 15.6. The number of benzene rings is 3. The van der Waals surface area contributed by atoms with Gasteiger partial charge in [0.2, 0.25) is 0 Å². The molecule has 0 aliphatic carbocycles. The molecule has 0 aliphatic heterocycles. The minimum atomic E-state index is 0.210. The van der Waals surface area contributed by atoms with Crippen molar-refractivity contribution in [2.75, 3.05) is 0 Å². The van der Waals surface area contributed by atoms with Crippen molar-refractivity contribution in [1.29, 1.82) is 0 Å². The monoisotopic (exact) mass is 364 g/mol. The number of aromatic nitrogens is 2. The fourth-order valence-electron chi connectivity index (χ4n) is 3.94. The van der Waals surface area contributed by atoms with Crippen LogP contribution in [0.5, 0.6) is 5.75 Å². The summed E-state index contributed by atoms with van der Waals surface area (Å²) in [7, 11) is 0. The van der Waals surface area contributed by atoms with Crippen LogP contribution in [-0.2, 0) is 6.54 Å². The molecule has 0 amide bonds. The van der Waals surface area contributed by atoms with E-state index in [1.54, 1.807) is 6.07 Å². The van der Waals surface area contributed by atoms with Gasteiger partial charge in [-0.15, -0.1) is 0 Å². The molecule has 2 aromatic heterocycles.